The molecule has 1 aromatic carbocycles. The molecule has 0 radical (unpaired) electrons. The fourth-order valence-electron chi connectivity index (χ4n) is 0.838. The Morgan fingerprint density at radius 2 is 1.85 bits per heavy atom. The van der Waals surface area contributed by atoms with Crippen LogP contribution in [-0.4, -0.2) is 5.91 Å². The molecular formula is C8H6Cl2FNO. The molecule has 0 aliphatic heterocycles. The van der Waals surface area contributed by atoms with Crippen LogP contribution in [0.3, 0.4) is 0 Å². The monoisotopic (exact) mass is 221 g/mol. The molecule has 1 rings (SSSR count). The van der Waals surface area contributed by atoms with Crippen molar-refractivity contribution in [2.45, 2.75) is 6.92 Å². The van der Waals surface area contributed by atoms with Gasteiger partial charge in [0.05, 0.1) is 15.7 Å². The number of amides is 1. The molecule has 0 heterocycles. The van der Waals surface area contributed by atoms with Crippen molar-refractivity contribution in [3.63, 3.8) is 0 Å². The number of rotatable bonds is 1. The molecule has 1 amide bonds. The van der Waals surface area contributed by atoms with Gasteiger partial charge in [-0.1, -0.05) is 23.2 Å². The van der Waals surface area contributed by atoms with Crippen molar-refractivity contribution in [1.82, 2.24) is 0 Å². The van der Waals surface area contributed by atoms with Gasteiger partial charge in [0.2, 0.25) is 5.91 Å². The molecule has 2 nitrogen and oxygen atoms in total. The maximum Gasteiger partial charge on any atom is 0.221 e. The summed E-state index contributed by atoms with van der Waals surface area (Å²) in [6, 6.07) is 2.16. The van der Waals surface area contributed by atoms with Gasteiger partial charge in [0.15, 0.2) is 0 Å². The van der Waals surface area contributed by atoms with Crippen LogP contribution in [0.15, 0.2) is 12.1 Å². The number of hydrogen-bond acceptors (Lipinski definition) is 1. The smallest absolute Gasteiger partial charge is 0.221 e. The van der Waals surface area contributed by atoms with Crippen LogP contribution in [-0.2, 0) is 4.79 Å². The average molecular weight is 222 g/mol. The van der Waals surface area contributed by atoms with Crippen LogP contribution < -0.4 is 5.32 Å². The van der Waals surface area contributed by atoms with Gasteiger partial charge in [0, 0.05) is 6.92 Å². The van der Waals surface area contributed by atoms with E-state index in [4.69, 9.17) is 23.2 Å². The van der Waals surface area contributed by atoms with E-state index in [9.17, 15) is 9.18 Å². The van der Waals surface area contributed by atoms with E-state index < -0.39 is 5.82 Å². The minimum Gasteiger partial charge on any atom is -0.324 e. The Labute approximate surface area is 84.6 Å². The quantitative estimate of drug-likeness (QED) is 0.777. The van der Waals surface area contributed by atoms with Crippen LogP contribution in [0.2, 0.25) is 10.0 Å². The number of anilines is 1. The largest absolute Gasteiger partial charge is 0.324 e. The van der Waals surface area contributed by atoms with Gasteiger partial charge in [-0.25, -0.2) is 4.39 Å². The Bertz CT molecular complexity index is 331. The lowest BCUT2D eigenvalue weighted by Crippen LogP contribution is -2.06. The fraction of sp³-hybridized carbons (Fsp3) is 0.125. The van der Waals surface area contributed by atoms with Gasteiger partial charge in [-0.3, -0.25) is 4.79 Å². The van der Waals surface area contributed by atoms with E-state index in [-0.39, 0.29) is 21.6 Å². The van der Waals surface area contributed by atoms with Crippen LogP contribution in [0.25, 0.3) is 0 Å². The highest BCUT2D eigenvalue weighted by Gasteiger charge is 2.08. The van der Waals surface area contributed by atoms with Gasteiger partial charge in [-0.15, -0.1) is 0 Å². The van der Waals surface area contributed by atoms with Crippen molar-refractivity contribution in [3.05, 3.63) is 28.0 Å². The SMILES string of the molecule is CC(=O)Nc1c(Cl)cc(F)cc1Cl. The third-order valence-electron chi connectivity index (χ3n) is 1.31. The number of halogens is 3. The Hall–Kier alpha value is -0.800. The topological polar surface area (TPSA) is 29.1 Å². The molecule has 0 bridgehead atoms. The van der Waals surface area contributed by atoms with Gasteiger partial charge >= 0.3 is 0 Å². The second-order valence-corrected chi connectivity index (χ2v) is 3.24. The average Bonchev–Trinajstić information content (AvgIpc) is 1.96. The van der Waals surface area contributed by atoms with E-state index in [1.807, 2.05) is 0 Å². The van der Waals surface area contributed by atoms with E-state index in [0.717, 1.165) is 12.1 Å². The molecule has 0 saturated carbocycles. The van der Waals surface area contributed by atoms with Crippen molar-refractivity contribution in [2.24, 2.45) is 0 Å². The number of benzene rings is 1. The molecule has 0 aliphatic rings. The molecule has 0 aromatic heterocycles. The van der Waals surface area contributed by atoms with Crippen LogP contribution >= 0.6 is 23.2 Å². The zero-order valence-electron chi connectivity index (χ0n) is 6.70. The Morgan fingerprint density at radius 1 is 1.38 bits per heavy atom. The predicted molar refractivity (Wildman–Crippen MR) is 50.7 cm³/mol. The first-order valence-electron chi connectivity index (χ1n) is 3.43. The third kappa shape index (κ3) is 2.57. The predicted octanol–water partition coefficient (Wildman–Crippen LogP) is 3.09. The maximum absolute atomic E-state index is 12.7. The molecular weight excluding hydrogens is 216 g/mol. The summed E-state index contributed by atoms with van der Waals surface area (Å²) in [4.78, 5) is 10.7. The molecule has 1 aromatic rings. The standard InChI is InChI=1S/C8H6Cl2FNO/c1-4(13)12-8-6(9)2-5(11)3-7(8)10/h2-3H,1H3,(H,12,13). The number of hydrogen-bond donors (Lipinski definition) is 1. The van der Waals surface area contributed by atoms with Crippen molar-refractivity contribution in [2.75, 3.05) is 5.32 Å². The lowest BCUT2D eigenvalue weighted by atomic mass is 10.3. The Kier molecular flexibility index (Phi) is 3.12. The first-order chi connectivity index (χ1) is 6.00. The normalized spacial score (nSPS) is 9.85. The maximum atomic E-state index is 12.7. The zero-order valence-corrected chi connectivity index (χ0v) is 8.21. The Balaban J connectivity index is 3.13. The van der Waals surface area contributed by atoms with Gasteiger partial charge in [0.1, 0.15) is 5.82 Å². The summed E-state index contributed by atoms with van der Waals surface area (Å²) in [6.07, 6.45) is 0. The molecule has 0 atom stereocenters. The molecule has 0 saturated heterocycles. The van der Waals surface area contributed by atoms with Crippen molar-refractivity contribution in [3.8, 4) is 0 Å². The van der Waals surface area contributed by atoms with E-state index >= 15 is 0 Å². The van der Waals surface area contributed by atoms with E-state index in [1.54, 1.807) is 0 Å². The molecule has 70 valence electrons. The minimum absolute atomic E-state index is 0.0835. The van der Waals surface area contributed by atoms with Gasteiger partial charge in [0.25, 0.3) is 0 Å². The number of carbonyl (C=O) groups is 1. The van der Waals surface area contributed by atoms with Gasteiger partial charge in [-0.05, 0) is 12.1 Å². The van der Waals surface area contributed by atoms with Crippen LogP contribution in [0.1, 0.15) is 6.92 Å². The molecule has 0 aliphatic carbocycles. The van der Waals surface area contributed by atoms with Crippen LogP contribution in [0, 0.1) is 5.82 Å². The zero-order chi connectivity index (χ0) is 10.0. The second-order valence-electron chi connectivity index (χ2n) is 2.43. The second kappa shape index (κ2) is 3.94. The van der Waals surface area contributed by atoms with E-state index in [2.05, 4.69) is 5.32 Å². The lowest BCUT2D eigenvalue weighted by Gasteiger charge is -2.06. The highest BCUT2D eigenvalue weighted by molar-refractivity contribution is 6.39. The van der Waals surface area contributed by atoms with E-state index in [1.165, 1.54) is 6.92 Å². The van der Waals surface area contributed by atoms with E-state index in [0.29, 0.717) is 0 Å². The first-order valence-corrected chi connectivity index (χ1v) is 4.18. The van der Waals surface area contributed by atoms with Crippen molar-refractivity contribution >= 4 is 34.8 Å². The van der Waals surface area contributed by atoms with Crippen LogP contribution in [0.5, 0.6) is 0 Å². The third-order valence-corrected chi connectivity index (χ3v) is 1.90. The van der Waals surface area contributed by atoms with Gasteiger partial charge < -0.3 is 5.32 Å². The number of carbonyl (C=O) groups excluding carboxylic acids is 1. The summed E-state index contributed by atoms with van der Waals surface area (Å²) >= 11 is 11.3. The first kappa shape index (κ1) is 10.3. The van der Waals surface area contributed by atoms with Crippen LogP contribution in [0.4, 0.5) is 10.1 Å². The lowest BCUT2D eigenvalue weighted by molar-refractivity contribution is -0.114. The fourth-order valence-corrected chi connectivity index (χ4v) is 1.39. The van der Waals surface area contributed by atoms with Crippen molar-refractivity contribution < 1.29 is 9.18 Å². The summed E-state index contributed by atoms with van der Waals surface area (Å²) in [7, 11) is 0. The molecule has 13 heavy (non-hydrogen) atoms. The number of nitrogens with one attached hydrogen (secondary N) is 1. The summed E-state index contributed by atoms with van der Waals surface area (Å²) in [5.74, 6) is -0.848. The molecule has 5 heteroatoms. The molecule has 0 fully saturated rings. The summed E-state index contributed by atoms with van der Waals surface area (Å²) in [5, 5.41) is 2.57. The summed E-state index contributed by atoms with van der Waals surface area (Å²) in [6.45, 7) is 1.32. The minimum atomic E-state index is -0.538. The van der Waals surface area contributed by atoms with Gasteiger partial charge in [-0.2, -0.15) is 0 Å². The summed E-state index contributed by atoms with van der Waals surface area (Å²) in [5.41, 5.74) is 0.234. The molecule has 0 spiro atoms. The highest BCUT2D eigenvalue weighted by Crippen LogP contribution is 2.31. The Morgan fingerprint density at radius 3 is 2.23 bits per heavy atom. The molecule has 0 unspecified atom stereocenters. The molecule has 1 N–H and O–H groups in total. The summed E-state index contributed by atoms with van der Waals surface area (Å²) < 4.78 is 12.7. The highest BCUT2D eigenvalue weighted by atomic mass is 35.5. The van der Waals surface area contributed by atoms with Crippen molar-refractivity contribution in [1.29, 1.82) is 0 Å².